The first-order valence-electron chi connectivity index (χ1n) is 6.06. The minimum atomic E-state index is -2.94. The Morgan fingerprint density at radius 1 is 1.17 bits per heavy atom. The van der Waals surface area contributed by atoms with Gasteiger partial charge in [-0.1, -0.05) is 0 Å². The van der Waals surface area contributed by atoms with Crippen LogP contribution >= 0.6 is 0 Å². The maximum Gasteiger partial charge on any atom is 0.223 e. The molecule has 0 aliphatic carbocycles. The summed E-state index contributed by atoms with van der Waals surface area (Å²) in [6.07, 6.45) is 2.42. The van der Waals surface area contributed by atoms with E-state index in [9.17, 15) is 13.2 Å². The number of nitrogens with two attached hydrogens (primary N) is 1. The highest BCUT2D eigenvalue weighted by molar-refractivity contribution is 7.90. The number of carbonyl (C=O) groups is 1. The summed E-state index contributed by atoms with van der Waals surface area (Å²) in [4.78, 5) is 15.2. The van der Waals surface area contributed by atoms with E-state index in [4.69, 9.17) is 5.73 Å². The quantitative estimate of drug-likeness (QED) is 0.595. The summed E-state index contributed by atoms with van der Waals surface area (Å²) in [5, 5.41) is 0. The maximum atomic E-state index is 11.7. The molecule has 0 radical (unpaired) electrons. The lowest BCUT2D eigenvalue weighted by Crippen LogP contribution is -2.33. The van der Waals surface area contributed by atoms with Gasteiger partial charge in [-0.25, -0.2) is 8.42 Å². The highest BCUT2D eigenvalue weighted by atomic mass is 32.2. The molecule has 2 N–H and O–H groups in total. The largest absolute Gasteiger partial charge is 0.346 e. The number of hydrogen-bond donors (Lipinski definition) is 1. The van der Waals surface area contributed by atoms with E-state index < -0.39 is 9.84 Å². The lowest BCUT2D eigenvalue weighted by atomic mass is 10.3. The molecule has 0 aliphatic rings. The van der Waals surface area contributed by atoms with E-state index in [-0.39, 0.29) is 11.7 Å². The number of hydrogen-bond acceptors (Lipinski definition) is 5. The van der Waals surface area contributed by atoms with Gasteiger partial charge in [0, 0.05) is 39.4 Å². The van der Waals surface area contributed by atoms with Crippen molar-refractivity contribution in [2.45, 2.75) is 12.8 Å². The summed E-state index contributed by atoms with van der Waals surface area (Å²) in [5.74, 6) is 0.190. The van der Waals surface area contributed by atoms with Gasteiger partial charge in [-0.05, 0) is 20.0 Å². The molecular weight excluding hydrogens is 254 g/mol. The van der Waals surface area contributed by atoms with Gasteiger partial charge in [0.15, 0.2) is 0 Å². The molecule has 0 aromatic carbocycles. The minimum Gasteiger partial charge on any atom is -0.346 e. The van der Waals surface area contributed by atoms with Crippen molar-refractivity contribution in [1.82, 2.24) is 9.80 Å². The van der Waals surface area contributed by atoms with Crippen LogP contribution in [0.2, 0.25) is 0 Å². The van der Waals surface area contributed by atoms with Gasteiger partial charge in [0.1, 0.15) is 9.84 Å². The SMILES string of the molecule is CN(CCC(=O)N(C)CCCN)CCS(C)(=O)=O. The molecule has 0 rings (SSSR count). The van der Waals surface area contributed by atoms with Crippen molar-refractivity contribution in [3.63, 3.8) is 0 Å². The van der Waals surface area contributed by atoms with Gasteiger partial charge < -0.3 is 15.5 Å². The Morgan fingerprint density at radius 3 is 2.28 bits per heavy atom. The summed E-state index contributed by atoms with van der Waals surface area (Å²) in [5.41, 5.74) is 5.38. The highest BCUT2D eigenvalue weighted by Crippen LogP contribution is 1.96. The zero-order valence-corrected chi connectivity index (χ0v) is 12.4. The third-order valence-electron chi connectivity index (χ3n) is 2.67. The molecule has 0 atom stereocenters. The topological polar surface area (TPSA) is 83.7 Å². The molecule has 0 unspecified atom stereocenters. The first-order valence-corrected chi connectivity index (χ1v) is 8.12. The third-order valence-corrected chi connectivity index (χ3v) is 3.60. The average molecular weight is 279 g/mol. The van der Waals surface area contributed by atoms with Gasteiger partial charge in [0.25, 0.3) is 0 Å². The Balaban J connectivity index is 3.84. The number of carbonyl (C=O) groups excluding carboxylic acids is 1. The maximum absolute atomic E-state index is 11.7. The van der Waals surface area contributed by atoms with Gasteiger partial charge in [-0.15, -0.1) is 0 Å². The second-order valence-corrected chi connectivity index (χ2v) is 6.90. The van der Waals surface area contributed by atoms with Crippen molar-refractivity contribution in [1.29, 1.82) is 0 Å². The molecule has 7 heteroatoms. The number of amides is 1. The Labute approximate surface area is 110 Å². The van der Waals surface area contributed by atoms with Crippen molar-refractivity contribution in [2.75, 3.05) is 52.3 Å². The molecule has 0 aromatic heterocycles. The lowest BCUT2D eigenvalue weighted by molar-refractivity contribution is -0.130. The molecule has 18 heavy (non-hydrogen) atoms. The van der Waals surface area contributed by atoms with E-state index >= 15 is 0 Å². The number of sulfone groups is 1. The lowest BCUT2D eigenvalue weighted by Gasteiger charge is -2.20. The zero-order chi connectivity index (χ0) is 14.2. The van der Waals surface area contributed by atoms with Crippen LogP contribution in [0, 0.1) is 0 Å². The van der Waals surface area contributed by atoms with Crippen molar-refractivity contribution >= 4 is 15.7 Å². The molecule has 0 saturated heterocycles. The molecule has 0 saturated carbocycles. The Morgan fingerprint density at radius 2 is 1.78 bits per heavy atom. The van der Waals surface area contributed by atoms with Crippen LogP contribution in [0.15, 0.2) is 0 Å². The molecule has 0 spiro atoms. The second kappa shape index (κ2) is 8.44. The van der Waals surface area contributed by atoms with Crippen molar-refractivity contribution < 1.29 is 13.2 Å². The first-order chi connectivity index (χ1) is 8.26. The average Bonchev–Trinajstić information content (AvgIpc) is 2.29. The minimum absolute atomic E-state index is 0.0645. The van der Waals surface area contributed by atoms with Crippen molar-refractivity contribution in [2.24, 2.45) is 5.73 Å². The molecular formula is C11H25N3O3S. The van der Waals surface area contributed by atoms with Gasteiger partial charge in [0.05, 0.1) is 5.75 Å². The predicted molar refractivity (Wildman–Crippen MR) is 73.1 cm³/mol. The summed E-state index contributed by atoms with van der Waals surface area (Å²) < 4.78 is 22.0. The van der Waals surface area contributed by atoms with E-state index in [0.29, 0.717) is 32.6 Å². The van der Waals surface area contributed by atoms with Gasteiger partial charge in [-0.2, -0.15) is 0 Å². The summed E-state index contributed by atoms with van der Waals surface area (Å²) in [7, 11) is 0.639. The number of nitrogens with zero attached hydrogens (tertiary/aromatic N) is 2. The van der Waals surface area contributed by atoms with Crippen LogP contribution in [0.1, 0.15) is 12.8 Å². The van der Waals surface area contributed by atoms with E-state index in [2.05, 4.69) is 0 Å². The molecule has 1 amide bonds. The van der Waals surface area contributed by atoms with Crippen LogP contribution in [0.4, 0.5) is 0 Å². The smallest absolute Gasteiger partial charge is 0.223 e. The zero-order valence-electron chi connectivity index (χ0n) is 11.6. The summed E-state index contributed by atoms with van der Waals surface area (Å²) in [6, 6.07) is 0. The molecule has 6 nitrogen and oxygen atoms in total. The molecule has 0 aliphatic heterocycles. The van der Waals surface area contributed by atoms with Crippen LogP contribution in [0.5, 0.6) is 0 Å². The molecule has 0 bridgehead atoms. The van der Waals surface area contributed by atoms with Crippen molar-refractivity contribution in [3.8, 4) is 0 Å². The first kappa shape index (κ1) is 17.3. The van der Waals surface area contributed by atoms with Crippen LogP contribution < -0.4 is 5.73 Å². The van der Waals surface area contributed by atoms with Gasteiger partial charge in [-0.3, -0.25) is 4.79 Å². The molecule has 0 aromatic rings. The van der Waals surface area contributed by atoms with Crippen LogP contribution in [0.3, 0.4) is 0 Å². The van der Waals surface area contributed by atoms with Crippen LogP contribution in [0.25, 0.3) is 0 Å². The van der Waals surface area contributed by atoms with E-state index in [1.165, 1.54) is 6.26 Å². The second-order valence-electron chi connectivity index (χ2n) is 4.64. The fraction of sp³-hybridized carbons (Fsp3) is 0.909. The van der Waals surface area contributed by atoms with Gasteiger partial charge >= 0.3 is 0 Å². The Bertz CT molecular complexity index is 343. The Hall–Kier alpha value is -0.660. The Kier molecular flexibility index (Phi) is 8.13. The fourth-order valence-corrected chi connectivity index (χ4v) is 2.01. The van der Waals surface area contributed by atoms with Crippen LogP contribution in [-0.4, -0.2) is 76.4 Å². The standard InChI is InChI=1S/C11H25N3O3S/c1-13(9-10-18(3,16)17)8-5-11(15)14(2)7-4-6-12/h4-10,12H2,1-3H3. The van der Waals surface area contributed by atoms with Crippen LogP contribution in [-0.2, 0) is 14.6 Å². The molecule has 0 fully saturated rings. The molecule has 0 heterocycles. The summed E-state index contributed by atoms with van der Waals surface area (Å²) in [6.45, 7) is 2.27. The number of rotatable bonds is 9. The fourth-order valence-electron chi connectivity index (χ4n) is 1.36. The van der Waals surface area contributed by atoms with E-state index in [1.54, 1.807) is 11.9 Å². The molecule has 108 valence electrons. The predicted octanol–water partition coefficient (Wildman–Crippen LogP) is -0.840. The van der Waals surface area contributed by atoms with Gasteiger partial charge in [0.2, 0.25) is 5.91 Å². The van der Waals surface area contributed by atoms with E-state index in [0.717, 1.165) is 6.42 Å². The summed E-state index contributed by atoms with van der Waals surface area (Å²) >= 11 is 0. The monoisotopic (exact) mass is 279 g/mol. The third kappa shape index (κ3) is 9.38. The normalized spacial score (nSPS) is 11.8. The highest BCUT2D eigenvalue weighted by Gasteiger charge is 2.10. The van der Waals surface area contributed by atoms with E-state index in [1.807, 2.05) is 11.9 Å². The van der Waals surface area contributed by atoms with Crippen molar-refractivity contribution in [3.05, 3.63) is 0 Å².